The van der Waals surface area contributed by atoms with Gasteiger partial charge in [-0.3, -0.25) is 9.59 Å². The Bertz CT molecular complexity index is 782. The molecular formula is C18H16BrFN2O2. The van der Waals surface area contributed by atoms with Crippen molar-refractivity contribution in [2.45, 2.75) is 12.5 Å². The molecule has 0 aromatic heterocycles. The zero-order chi connectivity index (χ0) is 17.3. The molecule has 0 aliphatic carbocycles. The van der Waals surface area contributed by atoms with Crippen molar-refractivity contribution in [1.82, 2.24) is 4.90 Å². The molecule has 1 saturated heterocycles. The summed E-state index contributed by atoms with van der Waals surface area (Å²) in [6, 6.07) is 13.5. The molecule has 0 radical (unpaired) electrons. The van der Waals surface area contributed by atoms with Crippen LogP contribution in [0.3, 0.4) is 0 Å². The molecule has 24 heavy (non-hydrogen) atoms. The van der Waals surface area contributed by atoms with Crippen molar-refractivity contribution in [2.75, 3.05) is 12.4 Å². The predicted octanol–water partition coefficient (Wildman–Crippen LogP) is 3.75. The highest BCUT2D eigenvalue weighted by molar-refractivity contribution is 9.10. The van der Waals surface area contributed by atoms with Gasteiger partial charge in [0.15, 0.2) is 0 Å². The van der Waals surface area contributed by atoms with Gasteiger partial charge in [-0.1, -0.05) is 46.3 Å². The molecule has 6 heteroatoms. The smallest absolute Gasteiger partial charge is 0.230 e. The zero-order valence-electron chi connectivity index (χ0n) is 13.0. The second kappa shape index (κ2) is 6.73. The van der Waals surface area contributed by atoms with E-state index in [9.17, 15) is 14.0 Å². The molecule has 2 atom stereocenters. The van der Waals surface area contributed by atoms with Crippen LogP contribution in [-0.2, 0) is 9.59 Å². The minimum absolute atomic E-state index is 0.0970. The first-order valence-electron chi connectivity index (χ1n) is 7.54. The largest absolute Gasteiger partial charge is 0.338 e. The number of carbonyl (C=O) groups is 2. The second-order valence-corrected chi connectivity index (χ2v) is 6.70. The van der Waals surface area contributed by atoms with Crippen LogP contribution in [0, 0.1) is 11.7 Å². The summed E-state index contributed by atoms with van der Waals surface area (Å²) in [5.74, 6) is -1.54. The first kappa shape index (κ1) is 16.6. The van der Waals surface area contributed by atoms with Gasteiger partial charge in [-0.05, 0) is 23.8 Å². The fraction of sp³-hybridized carbons (Fsp3) is 0.222. The third-order valence-corrected chi connectivity index (χ3v) is 4.75. The van der Waals surface area contributed by atoms with Gasteiger partial charge in [-0.15, -0.1) is 0 Å². The quantitative estimate of drug-likeness (QED) is 0.867. The average molecular weight is 391 g/mol. The molecule has 3 rings (SSSR count). The zero-order valence-corrected chi connectivity index (χ0v) is 14.6. The van der Waals surface area contributed by atoms with Crippen LogP contribution in [0.15, 0.2) is 53.0 Å². The maximum atomic E-state index is 13.9. The number of carbonyl (C=O) groups excluding carboxylic acids is 2. The summed E-state index contributed by atoms with van der Waals surface area (Å²) >= 11 is 3.18. The van der Waals surface area contributed by atoms with Crippen LogP contribution in [0.5, 0.6) is 0 Å². The van der Waals surface area contributed by atoms with Gasteiger partial charge in [-0.25, -0.2) is 4.39 Å². The van der Waals surface area contributed by atoms with Crippen molar-refractivity contribution >= 4 is 33.4 Å². The van der Waals surface area contributed by atoms with Crippen LogP contribution >= 0.6 is 15.9 Å². The fourth-order valence-electron chi connectivity index (χ4n) is 3.03. The topological polar surface area (TPSA) is 49.4 Å². The number of rotatable bonds is 3. The Hall–Kier alpha value is -2.21. The number of amides is 2. The van der Waals surface area contributed by atoms with E-state index in [0.29, 0.717) is 4.47 Å². The number of hydrogen-bond donors (Lipinski definition) is 1. The van der Waals surface area contributed by atoms with Gasteiger partial charge in [0.1, 0.15) is 5.82 Å². The number of hydrogen-bond acceptors (Lipinski definition) is 2. The Labute approximate surface area is 147 Å². The summed E-state index contributed by atoms with van der Waals surface area (Å²) in [6.45, 7) is 0. The van der Waals surface area contributed by atoms with Crippen molar-refractivity contribution in [1.29, 1.82) is 0 Å². The summed E-state index contributed by atoms with van der Waals surface area (Å²) in [5, 5.41) is 2.61. The van der Waals surface area contributed by atoms with E-state index in [2.05, 4.69) is 21.2 Å². The Morgan fingerprint density at radius 3 is 2.62 bits per heavy atom. The highest BCUT2D eigenvalue weighted by Gasteiger charge is 2.42. The molecule has 4 nitrogen and oxygen atoms in total. The van der Waals surface area contributed by atoms with Crippen LogP contribution < -0.4 is 5.32 Å². The predicted molar refractivity (Wildman–Crippen MR) is 92.8 cm³/mol. The molecular weight excluding hydrogens is 375 g/mol. The van der Waals surface area contributed by atoms with E-state index in [1.54, 1.807) is 18.0 Å². The van der Waals surface area contributed by atoms with Crippen molar-refractivity contribution in [3.8, 4) is 0 Å². The molecule has 0 unspecified atom stereocenters. The average Bonchev–Trinajstić information content (AvgIpc) is 2.86. The molecule has 1 N–H and O–H groups in total. The molecule has 1 aliphatic rings. The third-order valence-electron chi connectivity index (χ3n) is 4.25. The fourth-order valence-corrected chi connectivity index (χ4v) is 3.36. The summed E-state index contributed by atoms with van der Waals surface area (Å²) in [6.07, 6.45) is 0.111. The molecule has 2 aromatic rings. The summed E-state index contributed by atoms with van der Waals surface area (Å²) in [7, 11) is 1.69. The lowest BCUT2D eigenvalue weighted by Gasteiger charge is -2.25. The van der Waals surface area contributed by atoms with Crippen LogP contribution in [0.4, 0.5) is 10.1 Å². The van der Waals surface area contributed by atoms with Gasteiger partial charge in [-0.2, -0.15) is 0 Å². The van der Waals surface area contributed by atoms with Crippen molar-refractivity contribution < 1.29 is 14.0 Å². The van der Waals surface area contributed by atoms with Gasteiger partial charge in [0.2, 0.25) is 11.8 Å². The minimum Gasteiger partial charge on any atom is -0.338 e. The van der Waals surface area contributed by atoms with Gasteiger partial charge in [0.25, 0.3) is 0 Å². The van der Waals surface area contributed by atoms with Crippen molar-refractivity contribution in [2.24, 2.45) is 5.92 Å². The van der Waals surface area contributed by atoms with Crippen molar-refractivity contribution in [3.63, 3.8) is 0 Å². The number of halogens is 2. The SMILES string of the molecule is CN1C(=O)C[C@@H](C(=O)Nc2ccc(Br)cc2F)[C@@H]1c1ccccc1. The van der Waals surface area contributed by atoms with Gasteiger partial charge in [0.05, 0.1) is 17.6 Å². The Morgan fingerprint density at radius 2 is 1.96 bits per heavy atom. The maximum Gasteiger partial charge on any atom is 0.230 e. The standard InChI is InChI=1S/C18H16BrFN2O2/c1-22-16(23)10-13(17(22)11-5-3-2-4-6-11)18(24)21-15-8-7-12(19)9-14(15)20/h2-9,13,17H,10H2,1H3,(H,21,24)/t13-,17+/m1/s1. The van der Waals surface area contributed by atoms with E-state index in [0.717, 1.165) is 5.56 Å². The van der Waals surface area contributed by atoms with E-state index >= 15 is 0 Å². The molecule has 2 amide bonds. The number of anilines is 1. The molecule has 0 bridgehead atoms. The lowest BCUT2D eigenvalue weighted by molar-refractivity contribution is -0.127. The van der Waals surface area contributed by atoms with E-state index < -0.39 is 11.7 Å². The molecule has 0 spiro atoms. The van der Waals surface area contributed by atoms with Gasteiger partial charge >= 0.3 is 0 Å². The lowest BCUT2D eigenvalue weighted by atomic mass is 9.93. The highest BCUT2D eigenvalue weighted by atomic mass is 79.9. The normalized spacial score (nSPS) is 20.3. The van der Waals surface area contributed by atoms with E-state index in [-0.39, 0.29) is 30.0 Å². The Kier molecular flexibility index (Phi) is 4.66. The van der Waals surface area contributed by atoms with Crippen LogP contribution in [-0.4, -0.2) is 23.8 Å². The third kappa shape index (κ3) is 3.19. The number of likely N-dealkylation sites (tertiary alicyclic amines) is 1. The highest BCUT2D eigenvalue weighted by Crippen LogP contribution is 2.37. The molecule has 1 fully saturated rings. The summed E-state index contributed by atoms with van der Waals surface area (Å²) in [4.78, 5) is 26.3. The molecule has 124 valence electrons. The minimum atomic E-state index is -0.562. The Balaban J connectivity index is 1.86. The summed E-state index contributed by atoms with van der Waals surface area (Å²) in [5.41, 5.74) is 0.999. The van der Waals surface area contributed by atoms with Gasteiger partial charge < -0.3 is 10.2 Å². The maximum absolute atomic E-state index is 13.9. The van der Waals surface area contributed by atoms with E-state index in [1.165, 1.54) is 12.1 Å². The number of nitrogens with one attached hydrogen (secondary N) is 1. The lowest BCUT2D eigenvalue weighted by Crippen LogP contribution is -2.30. The molecule has 0 saturated carbocycles. The van der Waals surface area contributed by atoms with Gasteiger partial charge in [0, 0.05) is 17.9 Å². The number of nitrogens with zero attached hydrogens (tertiary/aromatic N) is 1. The molecule has 1 heterocycles. The monoisotopic (exact) mass is 390 g/mol. The van der Waals surface area contributed by atoms with E-state index in [4.69, 9.17) is 0 Å². The van der Waals surface area contributed by atoms with E-state index in [1.807, 2.05) is 30.3 Å². The number of benzene rings is 2. The molecule has 2 aromatic carbocycles. The van der Waals surface area contributed by atoms with Crippen LogP contribution in [0.1, 0.15) is 18.0 Å². The van der Waals surface area contributed by atoms with Crippen LogP contribution in [0.2, 0.25) is 0 Å². The second-order valence-electron chi connectivity index (χ2n) is 5.78. The first-order chi connectivity index (χ1) is 11.5. The van der Waals surface area contributed by atoms with Crippen LogP contribution in [0.25, 0.3) is 0 Å². The van der Waals surface area contributed by atoms with Crippen molar-refractivity contribution in [3.05, 3.63) is 64.4 Å². The summed E-state index contributed by atoms with van der Waals surface area (Å²) < 4.78 is 14.5. The Morgan fingerprint density at radius 1 is 1.25 bits per heavy atom. The first-order valence-corrected chi connectivity index (χ1v) is 8.33. The molecule has 1 aliphatic heterocycles.